The van der Waals surface area contributed by atoms with Crippen LogP contribution in [-0.2, 0) is 12.6 Å². The van der Waals surface area contributed by atoms with Crippen LogP contribution in [0.15, 0.2) is 54.6 Å². The molecule has 0 saturated heterocycles. The molecule has 0 saturated carbocycles. The van der Waals surface area contributed by atoms with Gasteiger partial charge in [0.2, 0.25) is 5.95 Å². The molecule has 30 heavy (non-hydrogen) atoms. The number of anilines is 4. The fourth-order valence-corrected chi connectivity index (χ4v) is 3.48. The number of benzene rings is 2. The molecule has 0 amide bonds. The summed E-state index contributed by atoms with van der Waals surface area (Å²) in [6.07, 6.45) is -3.46. The molecule has 1 aliphatic rings. The number of hydrogen-bond acceptors (Lipinski definition) is 5. The number of ketones is 1. The standard InChI is InChI=1S/C22H19F3N4O/c1-13-10-17-19(18(30)11-13)20(26-15-7-3-2-4-8-15)29-21(28-17)27-16-9-5-6-14(12-16)22(23,24)25/h2-9,12-13H,10-11H2,1H3,(H2,26,27,28,29). The second kappa shape index (κ2) is 7.78. The zero-order chi connectivity index (χ0) is 21.3. The summed E-state index contributed by atoms with van der Waals surface area (Å²) in [7, 11) is 0. The molecule has 1 aromatic heterocycles. The van der Waals surface area contributed by atoms with Crippen LogP contribution in [0.4, 0.5) is 36.3 Å². The Bertz CT molecular complexity index is 1080. The van der Waals surface area contributed by atoms with Gasteiger partial charge in [0.15, 0.2) is 5.78 Å². The summed E-state index contributed by atoms with van der Waals surface area (Å²) in [4.78, 5) is 21.5. The van der Waals surface area contributed by atoms with Crippen molar-refractivity contribution in [1.82, 2.24) is 9.97 Å². The van der Waals surface area contributed by atoms with Gasteiger partial charge in [-0.15, -0.1) is 0 Å². The maximum Gasteiger partial charge on any atom is 0.416 e. The number of carbonyl (C=O) groups excluding carboxylic acids is 1. The third kappa shape index (κ3) is 4.27. The predicted octanol–water partition coefficient (Wildman–Crippen LogP) is 5.75. The maximum absolute atomic E-state index is 13.0. The van der Waals surface area contributed by atoms with Crippen LogP contribution in [-0.4, -0.2) is 15.8 Å². The Balaban J connectivity index is 1.73. The van der Waals surface area contributed by atoms with Gasteiger partial charge in [-0.05, 0) is 42.7 Å². The highest BCUT2D eigenvalue weighted by Crippen LogP contribution is 2.33. The lowest BCUT2D eigenvalue weighted by atomic mass is 9.87. The van der Waals surface area contributed by atoms with E-state index in [-0.39, 0.29) is 23.3 Å². The summed E-state index contributed by atoms with van der Waals surface area (Å²) in [5.74, 6) is 0.560. The Morgan fingerprint density at radius 2 is 1.67 bits per heavy atom. The molecule has 2 aromatic carbocycles. The average Bonchev–Trinajstić information content (AvgIpc) is 2.67. The SMILES string of the molecule is CC1CC(=O)c2c(nc(Nc3cccc(C(F)(F)F)c3)nc2Nc2ccccc2)C1. The van der Waals surface area contributed by atoms with Crippen molar-refractivity contribution in [2.24, 2.45) is 5.92 Å². The lowest BCUT2D eigenvalue weighted by molar-refractivity contribution is -0.137. The molecule has 0 radical (unpaired) electrons. The van der Waals surface area contributed by atoms with Gasteiger partial charge in [-0.2, -0.15) is 18.2 Å². The Morgan fingerprint density at radius 1 is 0.933 bits per heavy atom. The first-order chi connectivity index (χ1) is 14.3. The number of halogens is 3. The summed E-state index contributed by atoms with van der Waals surface area (Å²) < 4.78 is 39.1. The first-order valence-corrected chi connectivity index (χ1v) is 9.50. The van der Waals surface area contributed by atoms with Crippen LogP contribution in [0.1, 0.15) is 35.0 Å². The topological polar surface area (TPSA) is 66.9 Å². The summed E-state index contributed by atoms with van der Waals surface area (Å²) >= 11 is 0. The van der Waals surface area contributed by atoms with Gasteiger partial charge >= 0.3 is 6.18 Å². The lowest BCUT2D eigenvalue weighted by Gasteiger charge is -2.23. The molecule has 0 fully saturated rings. The molecule has 1 unspecified atom stereocenters. The van der Waals surface area contributed by atoms with E-state index >= 15 is 0 Å². The Labute approximate surface area is 171 Å². The summed E-state index contributed by atoms with van der Waals surface area (Å²) in [5, 5.41) is 6.00. The van der Waals surface area contributed by atoms with Crippen molar-refractivity contribution in [1.29, 1.82) is 0 Å². The normalized spacial score (nSPS) is 16.1. The van der Waals surface area contributed by atoms with Gasteiger partial charge in [-0.1, -0.05) is 31.2 Å². The predicted molar refractivity (Wildman–Crippen MR) is 108 cm³/mol. The minimum Gasteiger partial charge on any atom is -0.339 e. The van der Waals surface area contributed by atoms with Crippen LogP contribution in [0.25, 0.3) is 0 Å². The van der Waals surface area contributed by atoms with Gasteiger partial charge < -0.3 is 10.6 Å². The second-order valence-electron chi connectivity index (χ2n) is 7.35. The van der Waals surface area contributed by atoms with E-state index in [2.05, 4.69) is 20.6 Å². The number of nitrogens with zero attached hydrogens (tertiary/aromatic N) is 2. The number of alkyl halides is 3. The Hall–Kier alpha value is -3.42. The highest BCUT2D eigenvalue weighted by molar-refractivity contribution is 6.03. The molecule has 0 bridgehead atoms. The average molecular weight is 412 g/mol. The zero-order valence-corrected chi connectivity index (χ0v) is 16.1. The monoisotopic (exact) mass is 412 g/mol. The van der Waals surface area contributed by atoms with Gasteiger partial charge in [-0.3, -0.25) is 4.79 Å². The van der Waals surface area contributed by atoms with E-state index in [1.165, 1.54) is 12.1 Å². The van der Waals surface area contributed by atoms with E-state index in [1.807, 2.05) is 37.3 Å². The fourth-order valence-electron chi connectivity index (χ4n) is 3.48. The van der Waals surface area contributed by atoms with Crippen LogP contribution >= 0.6 is 0 Å². The van der Waals surface area contributed by atoms with Crippen molar-refractivity contribution in [3.8, 4) is 0 Å². The van der Waals surface area contributed by atoms with E-state index in [9.17, 15) is 18.0 Å². The molecule has 154 valence electrons. The van der Waals surface area contributed by atoms with Crippen molar-refractivity contribution in [3.63, 3.8) is 0 Å². The largest absolute Gasteiger partial charge is 0.416 e. The molecule has 2 N–H and O–H groups in total. The molecule has 1 heterocycles. The molecular formula is C22H19F3N4O. The molecule has 5 nitrogen and oxygen atoms in total. The number of para-hydroxylation sites is 1. The summed E-state index contributed by atoms with van der Waals surface area (Å²) in [6, 6.07) is 14.1. The number of hydrogen-bond donors (Lipinski definition) is 2. The van der Waals surface area contributed by atoms with Crippen molar-refractivity contribution in [2.75, 3.05) is 10.6 Å². The van der Waals surface area contributed by atoms with E-state index in [0.29, 0.717) is 29.9 Å². The van der Waals surface area contributed by atoms with Gasteiger partial charge in [-0.25, -0.2) is 4.98 Å². The second-order valence-corrected chi connectivity index (χ2v) is 7.35. The Morgan fingerprint density at radius 3 is 2.40 bits per heavy atom. The lowest BCUT2D eigenvalue weighted by Crippen LogP contribution is -2.22. The number of Topliss-reactive ketones (excluding diaryl/α,β-unsaturated/α-hetero) is 1. The fraction of sp³-hybridized carbons (Fsp3) is 0.227. The quantitative estimate of drug-likeness (QED) is 0.571. The van der Waals surface area contributed by atoms with Crippen molar-refractivity contribution in [2.45, 2.75) is 25.9 Å². The van der Waals surface area contributed by atoms with Gasteiger partial charge in [0.05, 0.1) is 16.8 Å². The van der Waals surface area contributed by atoms with Crippen LogP contribution in [0.5, 0.6) is 0 Å². The van der Waals surface area contributed by atoms with Crippen LogP contribution in [0.3, 0.4) is 0 Å². The number of rotatable bonds is 4. The summed E-state index contributed by atoms with van der Waals surface area (Å²) in [5.41, 5.74) is 1.21. The van der Waals surface area contributed by atoms with Crippen LogP contribution in [0.2, 0.25) is 0 Å². The molecule has 0 aliphatic heterocycles. The van der Waals surface area contributed by atoms with E-state index in [4.69, 9.17) is 0 Å². The third-order valence-electron chi connectivity index (χ3n) is 4.82. The minimum absolute atomic E-state index is 0.0483. The summed E-state index contributed by atoms with van der Waals surface area (Å²) in [6.45, 7) is 1.97. The molecule has 3 aromatic rings. The smallest absolute Gasteiger partial charge is 0.339 e. The van der Waals surface area contributed by atoms with Crippen LogP contribution < -0.4 is 10.6 Å². The molecular weight excluding hydrogens is 393 g/mol. The van der Waals surface area contributed by atoms with Crippen molar-refractivity contribution in [3.05, 3.63) is 71.4 Å². The number of fused-ring (bicyclic) bond motifs is 1. The third-order valence-corrected chi connectivity index (χ3v) is 4.82. The van der Waals surface area contributed by atoms with Crippen LogP contribution in [0, 0.1) is 5.92 Å². The highest BCUT2D eigenvalue weighted by atomic mass is 19.4. The number of nitrogens with one attached hydrogen (secondary N) is 2. The zero-order valence-electron chi connectivity index (χ0n) is 16.1. The highest BCUT2D eigenvalue weighted by Gasteiger charge is 2.31. The Kier molecular flexibility index (Phi) is 5.15. The van der Waals surface area contributed by atoms with Crippen molar-refractivity contribution >= 4 is 28.9 Å². The van der Waals surface area contributed by atoms with E-state index in [1.54, 1.807) is 0 Å². The molecule has 1 aliphatic carbocycles. The number of carbonyl (C=O) groups is 1. The maximum atomic E-state index is 13.0. The number of aromatic nitrogens is 2. The molecule has 4 rings (SSSR count). The first-order valence-electron chi connectivity index (χ1n) is 9.50. The van der Waals surface area contributed by atoms with Gasteiger partial charge in [0.1, 0.15) is 5.82 Å². The van der Waals surface area contributed by atoms with Gasteiger partial charge in [0, 0.05) is 17.8 Å². The molecule has 8 heteroatoms. The first kappa shape index (κ1) is 19.9. The van der Waals surface area contributed by atoms with E-state index < -0.39 is 11.7 Å². The minimum atomic E-state index is -4.45. The van der Waals surface area contributed by atoms with Crippen molar-refractivity contribution < 1.29 is 18.0 Å². The van der Waals surface area contributed by atoms with E-state index in [0.717, 1.165) is 17.8 Å². The molecule has 0 spiro atoms. The molecule has 1 atom stereocenters. The van der Waals surface area contributed by atoms with Gasteiger partial charge in [0.25, 0.3) is 0 Å².